The molecule has 0 atom stereocenters. The van der Waals surface area contributed by atoms with Crippen LogP contribution >= 0.6 is 15.9 Å². The summed E-state index contributed by atoms with van der Waals surface area (Å²) < 4.78 is 6.54. The van der Waals surface area contributed by atoms with E-state index in [1.807, 2.05) is 19.1 Å². The van der Waals surface area contributed by atoms with Crippen LogP contribution in [0.2, 0.25) is 0 Å². The van der Waals surface area contributed by atoms with Crippen LogP contribution in [-0.2, 0) is 0 Å². The molecule has 0 fully saturated rings. The van der Waals surface area contributed by atoms with Crippen molar-refractivity contribution in [2.24, 2.45) is 0 Å². The van der Waals surface area contributed by atoms with E-state index in [0.29, 0.717) is 5.89 Å². The van der Waals surface area contributed by atoms with E-state index in [0.717, 1.165) is 15.8 Å². The average molecular weight is 252 g/mol. The van der Waals surface area contributed by atoms with Gasteiger partial charge >= 0.3 is 0 Å². The number of benzene rings is 1. The minimum absolute atomic E-state index is 0.697. The smallest absolute Gasteiger partial charge is 0.191 e. The lowest BCUT2D eigenvalue weighted by Crippen LogP contribution is -1.80. The summed E-state index contributed by atoms with van der Waals surface area (Å²) >= 11 is 3.43. The summed E-state index contributed by atoms with van der Waals surface area (Å²) in [5, 5.41) is 0. The van der Waals surface area contributed by atoms with E-state index in [-0.39, 0.29) is 0 Å². The number of nitrogens with zero attached hydrogens (tertiary/aromatic N) is 1. The van der Waals surface area contributed by atoms with E-state index in [1.165, 1.54) is 5.56 Å². The van der Waals surface area contributed by atoms with Gasteiger partial charge in [-0.2, -0.15) is 0 Å². The van der Waals surface area contributed by atoms with Gasteiger partial charge in [0.25, 0.3) is 0 Å². The SMILES string of the molecule is Cc1ncc(-c2ccc(Br)cc2C)o1. The van der Waals surface area contributed by atoms with Crippen LogP contribution in [0.25, 0.3) is 11.3 Å². The fourth-order valence-corrected chi connectivity index (χ4v) is 1.86. The molecule has 2 nitrogen and oxygen atoms in total. The highest BCUT2D eigenvalue weighted by Crippen LogP contribution is 2.26. The molecule has 0 N–H and O–H groups in total. The van der Waals surface area contributed by atoms with Crippen LogP contribution < -0.4 is 0 Å². The van der Waals surface area contributed by atoms with Crippen molar-refractivity contribution in [3.05, 3.63) is 40.3 Å². The summed E-state index contributed by atoms with van der Waals surface area (Å²) in [4.78, 5) is 4.08. The Morgan fingerprint density at radius 1 is 1.29 bits per heavy atom. The molecule has 1 aromatic carbocycles. The summed E-state index contributed by atoms with van der Waals surface area (Å²) in [6.45, 7) is 3.90. The van der Waals surface area contributed by atoms with Crippen molar-refractivity contribution >= 4 is 15.9 Å². The molecule has 0 amide bonds. The lowest BCUT2D eigenvalue weighted by molar-refractivity contribution is 0.534. The molecule has 0 saturated carbocycles. The zero-order chi connectivity index (χ0) is 10.1. The number of rotatable bonds is 1. The van der Waals surface area contributed by atoms with Crippen LogP contribution in [0.3, 0.4) is 0 Å². The van der Waals surface area contributed by atoms with Gasteiger partial charge in [0.15, 0.2) is 11.7 Å². The number of aryl methyl sites for hydroxylation is 2. The molecule has 0 saturated heterocycles. The van der Waals surface area contributed by atoms with Crippen LogP contribution in [0.15, 0.2) is 33.3 Å². The van der Waals surface area contributed by atoms with Crippen molar-refractivity contribution in [2.75, 3.05) is 0 Å². The van der Waals surface area contributed by atoms with E-state index in [9.17, 15) is 0 Å². The molecule has 0 aliphatic carbocycles. The minimum Gasteiger partial charge on any atom is -0.441 e. The first-order chi connectivity index (χ1) is 6.66. The Bertz CT molecular complexity index is 462. The summed E-state index contributed by atoms with van der Waals surface area (Å²) in [6.07, 6.45) is 1.76. The Hall–Kier alpha value is -1.09. The van der Waals surface area contributed by atoms with Crippen molar-refractivity contribution in [3.63, 3.8) is 0 Å². The molecule has 0 spiro atoms. The molecule has 2 aromatic rings. The van der Waals surface area contributed by atoms with Crippen molar-refractivity contribution in [2.45, 2.75) is 13.8 Å². The first kappa shape index (κ1) is 9.46. The molecular weight excluding hydrogens is 242 g/mol. The van der Waals surface area contributed by atoms with Gasteiger partial charge in [0.2, 0.25) is 0 Å². The number of oxazole rings is 1. The standard InChI is InChI=1S/C11H10BrNO/c1-7-5-9(12)3-4-10(7)11-6-13-8(2)14-11/h3-6H,1-2H3. The maximum atomic E-state index is 5.46. The van der Waals surface area contributed by atoms with E-state index < -0.39 is 0 Å². The van der Waals surface area contributed by atoms with Crippen LogP contribution in [0, 0.1) is 13.8 Å². The fraction of sp³-hybridized carbons (Fsp3) is 0.182. The van der Waals surface area contributed by atoms with Crippen LogP contribution in [-0.4, -0.2) is 4.98 Å². The summed E-state index contributed by atoms with van der Waals surface area (Å²) in [6, 6.07) is 6.09. The predicted octanol–water partition coefficient (Wildman–Crippen LogP) is 3.72. The Kier molecular flexibility index (Phi) is 2.42. The lowest BCUT2D eigenvalue weighted by Gasteiger charge is -2.01. The van der Waals surface area contributed by atoms with Crippen LogP contribution in [0.1, 0.15) is 11.5 Å². The Morgan fingerprint density at radius 2 is 2.07 bits per heavy atom. The molecule has 0 aliphatic rings. The normalized spacial score (nSPS) is 10.5. The molecule has 2 rings (SSSR count). The van der Waals surface area contributed by atoms with E-state index >= 15 is 0 Å². The summed E-state index contributed by atoms with van der Waals surface area (Å²) in [5.41, 5.74) is 2.27. The molecule has 0 aliphatic heterocycles. The van der Waals surface area contributed by atoms with Crippen molar-refractivity contribution < 1.29 is 4.42 Å². The third-order valence-corrected chi connectivity index (χ3v) is 2.57. The Balaban J connectivity index is 2.52. The van der Waals surface area contributed by atoms with Crippen LogP contribution in [0.5, 0.6) is 0 Å². The number of aromatic nitrogens is 1. The molecule has 0 unspecified atom stereocenters. The zero-order valence-corrected chi connectivity index (χ0v) is 9.63. The minimum atomic E-state index is 0.697. The molecule has 1 heterocycles. The van der Waals surface area contributed by atoms with E-state index in [4.69, 9.17) is 4.42 Å². The number of hydrogen-bond acceptors (Lipinski definition) is 2. The third kappa shape index (κ3) is 1.73. The molecule has 0 bridgehead atoms. The Morgan fingerprint density at radius 3 is 2.64 bits per heavy atom. The first-order valence-corrected chi connectivity index (χ1v) is 5.15. The van der Waals surface area contributed by atoms with Crippen molar-refractivity contribution in [1.29, 1.82) is 0 Å². The molecule has 72 valence electrons. The highest BCUT2D eigenvalue weighted by atomic mass is 79.9. The lowest BCUT2D eigenvalue weighted by atomic mass is 10.1. The van der Waals surface area contributed by atoms with Gasteiger partial charge in [0.05, 0.1) is 6.20 Å². The van der Waals surface area contributed by atoms with Gasteiger partial charge in [-0.3, -0.25) is 0 Å². The third-order valence-electron chi connectivity index (χ3n) is 2.08. The Labute approximate surface area is 91.1 Å². The summed E-state index contributed by atoms with van der Waals surface area (Å²) in [5.74, 6) is 1.52. The maximum absolute atomic E-state index is 5.46. The maximum Gasteiger partial charge on any atom is 0.191 e. The second-order valence-electron chi connectivity index (χ2n) is 3.20. The van der Waals surface area contributed by atoms with Gasteiger partial charge in [-0.15, -0.1) is 0 Å². The van der Waals surface area contributed by atoms with E-state index in [1.54, 1.807) is 6.20 Å². The molecule has 14 heavy (non-hydrogen) atoms. The molecule has 1 aromatic heterocycles. The summed E-state index contributed by atoms with van der Waals surface area (Å²) in [7, 11) is 0. The average Bonchev–Trinajstić information content (AvgIpc) is 2.51. The predicted molar refractivity (Wildman–Crippen MR) is 59.1 cm³/mol. The van der Waals surface area contributed by atoms with Gasteiger partial charge in [-0.05, 0) is 30.7 Å². The highest BCUT2D eigenvalue weighted by Gasteiger charge is 2.06. The highest BCUT2D eigenvalue weighted by molar-refractivity contribution is 9.10. The molecule has 3 heteroatoms. The molecular formula is C11H10BrNO. The monoisotopic (exact) mass is 251 g/mol. The fourth-order valence-electron chi connectivity index (χ4n) is 1.39. The van der Waals surface area contributed by atoms with Gasteiger partial charge in [0.1, 0.15) is 0 Å². The number of hydrogen-bond donors (Lipinski definition) is 0. The van der Waals surface area contributed by atoms with Gasteiger partial charge in [-0.25, -0.2) is 4.98 Å². The van der Waals surface area contributed by atoms with Crippen LogP contribution in [0.4, 0.5) is 0 Å². The quantitative estimate of drug-likeness (QED) is 0.773. The van der Waals surface area contributed by atoms with Crippen molar-refractivity contribution in [1.82, 2.24) is 4.98 Å². The number of halogens is 1. The van der Waals surface area contributed by atoms with Gasteiger partial charge < -0.3 is 4.42 Å². The van der Waals surface area contributed by atoms with Gasteiger partial charge in [-0.1, -0.05) is 15.9 Å². The second kappa shape index (κ2) is 3.58. The van der Waals surface area contributed by atoms with Gasteiger partial charge in [0, 0.05) is 17.0 Å². The topological polar surface area (TPSA) is 26.0 Å². The van der Waals surface area contributed by atoms with E-state index in [2.05, 4.69) is 33.9 Å². The first-order valence-electron chi connectivity index (χ1n) is 4.36. The second-order valence-corrected chi connectivity index (χ2v) is 4.12. The zero-order valence-electron chi connectivity index (χ0n) is 8.04. The van der Waals surface area contributed by atoms with Crippen molar-refractivity contribution in [3.8, 4) is 11.3 Å². The largest absolute Gasteiger partial charge is 0.441 e. The molecule has 0 radical (unpaired) electrons.